The Labute approximate surface area is 194 Å². The summed E-state index contributed by atoms with van der Waals surface area (Å²) >= 11 is 0. The average molecular weight is 438 g/mol. The number of carbonyl (C=O) groups excluding carboxylic acids is 1. The summed E-state index contributed by atoms with van der Waals surface area (Å²) in [7, 11) is 0. The summed E-state index contributed by atoms with van der Waals surface area (Å²) in [6.07, 6.45) is 2.35. The van der Waals surface area contributed by atoms with Crippen molar-refractivity contribution in [1.82, 2.24) is 9.91 Å². The zero-order valence-corrected chi connectivity index (χ0v) is 18.8. The summed E-state index contributed by atoms with van der Waals surface area (Å²) in [5.74, 6) is 1.08. The average Bonchev–Trinajstić information content (AvgIpc) is 3.32. The Morgan fingerprint density at radius 3 is 2.24 bits per heavy atom. The van der Waals surface area contributed by atoms with Crippen molar-refractivity contribution in [2.24, 2.45) is 5.10 Å². The SMILES string of the molecule is CC(=O)N1CCC2(CC1)Oc1ccccc1C1CC(c3ccc(-c4ccccc4)cc3)=NN12. The molecule has 0 radical (unpaired) electrons. The van der Waals surface area contributed by atoms with Gasteiger partial charge >= 0.3 is 0 Å². The van der Waals surface area contributed by atoms with E-state index >= 15 is 0 Å². The van der Waals surface area contributed by atoms with Gasteiger partial charge in [-0.05, 0) is 22.8 Å². The molecule has 1 atom stereocenters. The Morgan fingerprint density at radius 2 is 1.52 bits per heavy atom. The van der Waals surface area contributed by atoms with Crippen molar-refractivity contribution < 1.29 is 9.53 Å². The van der Waals surface area contributed by atoms with E-state index in [0.29, 0.717) is 13.1 Å². The van der Waals surface area contributed by atoms with E-state index in [4.69, 9.17) is 9.84 Å². The lowest BCUT2D eigenvalue weighted by Crippen LogP contribution is -2.59. The zero-order valence-electron chi connectivity index (χ0n) is 18.8. The van der Waals surface area contributed by atoms with Gasteiger partial charge in [-0.2, -0.15) is 5.10 Å². The molecule has 1 saturated heterocycles. The molecule has 5 nitrogen and oxygen atoms in total. The number of amides is 1. The van der Waals surface area contributed by atoms with Crippen molar-refractivity contribution in [2.45, 2.75) is 38.0 Å². The van der Waals surface area contributed by atoms with Crippen LogP contribution in [-0.4, -0.2) is 40.3 Å². The van der Waals surface area contributed by atoms with E-state index in [-0.39, 0.29) is 11.9 Å². The van der Waals surface area contributed by atoms with Gasteiger partial charge in [0.2, 0.25) is 11.6 Å². The summed E-state index contributed by atoms with van der Waals surface area (Å²) in [5, 5.41) is 7.35. The molecule has 3 aliphatic rings. The molecule has 0 aromatic heterocycles. The molecule has 5 heteroatoms. The Bertz CT molecular complexity index is 1210. The number of nitrogens with zero attached hydrogens (tertiary/aromatic N) is 3. The van der Waals surface area contributed by atoms with Gasteiger partial charge in [0, 0.05) is 44.8 Å². The maximum absolute atomic E-state index is 11.9. The minimum Gasteiger partial charge on any atom is -0.466 e. The maximum atomic E-state index is 11.9. The molecule has 6 rings (SSSR count). The second kappa shape index (κ2) is 7.77. The van der Waals surface area contributed by atoms with Gasteiger partial charge in [0.05, 0.1) is 11.8 Å². The van der Waals surface area contributed by atoms with Gasteiger partial charge in [0.25, 0.3) is 0 Å². The van der Waals surface area contributed by atoms with Crippen molar-refractivity contribution in [1.29, 1.82) is 0 Å². The highest BCUT2D eigenvalue weighted by molar-refractivity contribution is 6.02. The summed E-state index contributed by atoms with van der Waals surface area (Å²) in [6.45, 7) is 3.03. The van der Waals surface area contributed by atoms with Gasteiger partial charge in [-0.1, -0.05) is 72.8 Å². The Morgan fingerprint density at radius 1 is 0.879 bits per heavy atom. The molecule has 3 heterocycles. The highest BCUT2D eigenvalue weighted by atomic mass is 16.5. The van der Waals surface area contributed by atoms with E-state index in [1.165, 1.54) is 16.7 Å². The molecule has 33 heavy (non-hydrogen) atoms. The number of hydrogen-bond donors (Lipinski definition) is 0. The molecule has 3 aliphatic heterocycles. The van der Waals surface area contributed by atoms with Crippen molar-refractivity contribution in [3.05, 3.63) is 90.0 Å². The second-order valence-electron chi connectivity index (χ2n) is 9.15. The summed E-state index contributed by atoms with van der Waals surface area (Å²) < 4.78 is 6.64. The molecule has 3 aromatic carbocycles. The van der Waals surface area contributed by atoms with Crippen LogP contribution in [-0.2, 0) is 4.79 Å². The first-order chi connectivity index (χ1) is 16.1. The smallest absolute Gasteiger partial charge is 0.219 e. The highest BCUT2D eigenvalue weighted by Gasteiger charge is 2.52. The molecule has 1 unspecified atom stereocenters. The van der Waals surface area contributed by atoms with Crippen molar-refractivity contribution in [2.75, 3.05) is 13.1 Å². The fraction of sp³-hybridized carbons (Fsp3) is 0.286. The first-order valence-electron chi connectivity index (χ1n) is 11.7. The number of piperidine rings is 1. The zero-order chi connectivity index (χ0) is 22.4. The third-order valence-electron chi connectivity index (χ3n) is 7.22. The fourth-order valence-electron chi connectivity index (χ4n) is 5.39. The lowest BCUT2D eigenvalue weighted by atomic mass is 9.90. The quantitative estimate of drug-likeness (QED) is 0.551. The molecule has 0 saturated carbocycles. The molecular weight excluding hydrogens is 410 g/mol. The third-order valence-corrected chi connectivity index (χ3v) is 7.22. The number of ether oxygens (including phenoxy) is 1. The number of rotatable bonds is 2. The van der Waals surface area contributed by atoms with Crippen LogP contribution < -0.4 is 4.74 Å². The number of likely N-dealkylation sites (tertiary alicyclic amines) is 1. The molecule has 0 aliphatic carbocycles. The van der Waals surface area contributed by atoms with Gasteiger partial charge in [0.15, 0.2) is 0 Å². The number of carbonyl (C=O) groups is 1. The second-order valence-corrected chi connectivity index (χ2v) is 9.15. The van der Waals surface area contributed by atoms with Crippen LogP contribution in [0.4, 0.5) is 0 Å². The van der Waals surface area contributed by atoms with Gasteiger partial charge in [-0.3, -0.25) is 4.79 Å². The molecule has 166 valence electrons. The monoisotopic (exact) mass is 437 g/mol. The summed E-state index contributed by atoms with van der Waals surface area (Å²) in [5.41, 5.74) is 5.35. The number of hydrazone groups is 1. The Balaban J connectivity index is 1.34. The van der Waals surface area contributed by atoms with Crippen molar-refractivity contribution >= 4 is 11.6 Å². The minimum atomic E-state index is -0.503. The van der Waals surface area contributed by atoms with Crippen LogP contribution in [0.15, 0.2) is 84.0 Å². The predicted molar refractivity (Wildman–Crippen MR) is 129 cm³/mol. The Hall–Kier alpha value is -3.60. The topological polar surface area (TPSA) is 45.1 Å². The first-order valence-corrected chi connectivity index (χ1v) is 11.7. The lowest BCUT2D eigenvalue weighted by Gasteiger charge is -2.51. The standard InChI is InChI=1S/C28H27N3O2/c1-20(32)30-17-15-28(16-18-30)31-26(24-9-5-6-10-27(24)33-28)19-25(29-31)23-13-11-22(12-14-23)21-7-3-2-4-8-21/h2-14,26H,15-19H2,1H3. The van der Waals surface area contributed by atoms with E-state index in [1.807, 2.05) is 17.0 Å². The molecule has 3 aromatic rings. The van der Waals surface area contributed by atoms with E-state index in [9.17, 15) is 4.79 Å². The summed E-state index contributed by atoms with van der Waals surface area (Å²) in [4.78, 5) is 13.8. The lowest BCUT2D eigenvalue weighted by molar-refractivity contribution is -0.158. The van der Waals surface area contributed by atoms with Crippen LogP contribution in [0.3, 0.4) is 0 Å². The van der Waals surface area contributed by atoms with E-state index in [0.717, 1.165) is 36.3 Å². The van der Waals surface area contributed by atoms with E-state index < -0.39 is 5.72 Å². The van der Waals surface area contributed by atoms with Crippen molar-refractivity contribution in [3.63, 3.8) is 0 Å². The first kappa shape index (κ1) is 20.0. The van der Waals surface area contributed by atoms with Crippen molar-refractivity contribution in [3.8, 4) is 16.9 Å². The molecule has 0 bridgehead atoms. The number of para-hydroxylation sites is 1. The van der Waals surface area contributed by atoms with Gasteiger partial charge in [-0.15, -0.1) is 0 Å². The molecule has 1 spiro atoms. The van der Waals surface area contributed by atoms with Gasteiger partial charge in [0.1, 0.15) is 5.75 Å². The van der Waals surface area contributed by atoms with Crippen LogP contribution in [0.25, 0.3) is 11.1 Å². The molecule has 0 N–H and O–H groups in total. The maximum Gasteiger partial charge on any atom is 0.219 e. The van der Waals surface area contributed by atoms with Crippen LogP contribution in [0, 0.1) is 0 Å². The molecule has 1 fully saturated rings. The Kier molecular flexibility index (Phi) is 4.72. The molecule has 1 amide bonds. The van der Waals surface area contributed by atoms with Crippen LogP contribution >= 0.6 is 0 Å². The van der Waals surface area contributed by atoms with E-state index in [2.05, 4.69) is 71.7 Å². The molecular formula is C28H27N3O2. The minimum absolute atomic E-state index is 0.127. The van der Waals surface area contributed by atoms with Crippen LogP contribution in [0.2, 0.25) is 0 Å². The predicted octanol–water partition coefficient (Wildman–Crippen LogP) is 5.24. The largest absolute Gasteiger partial charge is 0.466 e. The van der Waals surface area contributed by atoms with Crippen LogP contribution in [0.5, 0.6) is 5.75 Å². The number of hydrogen-bond acceptors (Lipinski definition) is 4. The number of fused-ring (bicyclic) bond motifs is 4. The normalized spacial score (nSPS) is 20.6. The van der Waals surface area contributed by atoms with Gasteiger partial charge in [-0.25, -0.2) is 5.01 Å². The van der Waals surface area contributed by atoms with E-state index in [1.54, 1.807) is 6.92 Å². The number of benzene rings is 3. The third kappa shape index (κ3) is 3.39. The van der Waals surface area contributed by atoms with Gasteiger partial charge < -0.3 is 9.64 Å². The fourth-order valence-corrected chi connectivity index (χ4v) is 5.39. The summed E-state index contributed by atoms with van der Waals surface area (Å²) in [6, 6.07) is 27.6. The van der Waals surface area contributed by atoms with Crippen LogP contribution in [0.1, 0.15) is 43.4 Å². The highest BCUT2D eigenvalue weighted by Crippen LogP contribution is 2.49.